The van der Waals surface area contributed by atoms with Crippen molar-refractivity contribution in [3.8, 4) is 0 Å². The van der Waals surface area contributed by atoms with Gasteiger partial charge in [-0.3, -0.25) is 70.7 Å². The fourth-order valence-electron chi connectivity index (χ4n) is 12.8. The van der Waals surface area contributed by atoms with E-state index in [9.17, 15) is 76.0 Å². The first-order valence-corrected chi connectivity index (χ1v) is 42.8. The lowest BCUT2D eigenvalue weighted by Gasteiger charge is -2.29. The number of H-pyrrole nitrogens is 4. The van der Waals surface area contributed by atoms with Gasteiger partial charge < -0.3 is 98.4 Å². The van der Waals surface area contributed by atoms with Gasteiger partial charge in [0.1, 0.15) is 0 Å². The number of aliphatic hydroxyl groups excluding tert-OH is 1. The highest BCUT2D eigenvalue weighted by atomic mass is 31.2. The van der Waals surface area contributed by atoms with Crippen LogP contribution >= 0.6 is 38.9 Å². The Morgan fingerprint density at radius 3 is 1.24 bits per heavy atom. The fraction of sp³-hybridized carbons (Fsp3) is 0.721. The molecule has 0 bridgehead atoms. The summed E-state index contributed by atoms with van der Waals surface area (Å²) in [6.07, 6.45) is -4.87. The molecule has 9 rings (SSSR count). The molecule has 46 heteroatoms. The summed E-state index contributed by atoms with van der Waals surface area (Å²) >= 11 is 0. The fourth-order valence-corrected chi connectivity index (χ4v) is 17.7. The van der Waals surface area contributed by atoms with Crippen LogP contribution in [-0.4, -0.2) is 179 Å². The third-order valence-electron chi connectivity index (χ3n) is 17.9. The van der Waals surface area contributed by atoms with Crippen molar-refractivity contribution >= 4 is 50.1 Å². The van der Waals surface area contributed by atoms with Crippen molar-refractivity contribution in [3.63, 3.8) is 0 Å². The van der Waals surface area contributed by atoms with Crippen molar-refractivity contribution in [2.75, 3.05) is 52.9 Å². The zero-order valence-corrected chi connectivity index (χ0v) is 64.2. The standard InChI is InChI=1S/C61H95N10O31P5/c1-37(2)12-7-19-90-104(81,82)94-23-16-48-52(27-43(98-48)33-70-30-40(5)57(75)67-61(70)79)102-106(85,86)92-20-9-14-45-49(24-44(97-45)34-71-36-64-53-54(71)62-35-63-58(53)76)99-103(6,80)89-18-8-13-46-50(25-41(95-46)31-68-28-38(3)55(73)65-59(68)77)100-105(83,84)91-21-10-15-47-51(101-107(87,88)93-22-11-17-72)26-42(96-47)32-69-29-39(4)56(74)66-60(69)78/h28-30,35-37,41-52,72H,7-27,31-34H2,1-6H3,(H,81,82)(H,83,84)(H,85,86)(H,87,88)(H,62,63,76)(H,65,73,77)(H,66,74,78)(H,67,75,79)/p-4/t41-,42-,43-,44-,45-,46-,47-,48-,49?,50?,51?,52?,103?/m1/s1. The Bertz CT molecular complexity index is 4500. The molecule has 0 amide bonds. The largest absolute Gasteiger partial charge is 0.756 e. The molecule has 0 spiro atoms. The van der Waals surface area contributed by atoms with Gasteiger partial charge in [-0.1, -0.05) is 13.8 Å². The molecule has 107 heavy (non-hydrogen) atoms. The predicted molar refractivity (Wildman–Crippen MR) is 367 cm³/mol. The lowest BCUT2D eigenvalue weighted by Crippen LogP contribution is -2.34. The van der Waals surface area contributed by atoms with Gasteiger partial charge in [-0.25, -0.2) is 24.4 Å². The van der Waals surface area contributed by atoms with Gasteiger partial charge in [0.05, 0.1) is 152 Å². The SMILES string of the molecule is Cc1cn(C[C@H]2CC(OP(=O)([O-])OCCC[C@H]3O[C@@H](Cn4cc(C)c(=O)[nH]c4=O)CC3OP(=O)([O-])OCCCO)[C@@H](CCCOP(C)(=O)OC3C[C@H](Cn4cnc5c(=O)[nH]cnc54)O[C@@H]3CCCOP(=O)([O-])OC3C[C@H](Cn4cc(C)c(=O)[nH]c4=O)O[C@@H]3CCOP(=O)([O-])OCCCC(C)C)O2)c(=O)[nH]c1=O. The van der Waals surface area contributed by atoms with Crippen molar-refractivity contribution in [1.29, 1.82) is 0 Å². The molecular formula is C61H91N10O31P5-4. The van der Waals surface area contributed by atoms with E-state index in [0.717, 1.165) is 0 Å². The van der Waals surface area contributed by atoms with Crippen LogP contribution in [-0.2, 0) is 113 Å². The summed E-state index contributed by atoms with van der Waals surface area (Å²) in [5.74, 6) is 0.306. The average molecular weight is 1620 g/mol. The number of imidazole rings is 1. The molecule has 41 nitrogen and oxygen atoms in total. The molecule has 17 atom stereocenters. The van der Waals surface area contributed by atoms with Crippen LogP contribution in [0.15, 0.2) is 64.8 Å². The molecule has 0 saturated carbocycles. The van der Waals surface area contributed by atoms with Crippen LogP contribution in [0.25, 0.3) is 11.2 Å². The number of ether oxygens (including phenoxy) is 4. The first-order valence-electron chi connectivity index (χ1n) is 35.0. The van der Waals surface area contributed by atoms with Crippen molar-refractivity contribution in [1.82, 2.24) is 48.2 Å². The third kappa shape index (κ3) is 25.9. The number of aromatic nitrogens is 10. The Balaban J connectivity index is 0.813. The molecule has 4 aliphatic rings. The van der Waals surface area contributed by atoms with Crippen LogP contribution in [0.1, 0.15) is 120 Å². The number of nitrogens with one attached hydrogen (secondary N) is 4. The number of aryl methyl sites for hydroxylation is 3. The van der Waals surface area contributed by atoms with Gasteiger partial charge in [0.2, 0.25) is 0 Å². The first-order chi connectivity index (χ1) is 50.5. The zero-order chi connectivity index (χ0) is 77.6. The normalized spacial score (nSPS) is 26.2. The maximum absolute atomic E-state index is 14.4. The number of aromatic amines is 4. The van der Waals surface area contributed by atoms with E-state index in [0.29, 0.717) is 18.8 Å². The van der Waals surface area contributed by atoms with Crippen molar-refractivity contribution in [3.05, 3.63) is 121 Å². The van der Waals surface area contributed by atoms with Gasteiger partial charge in [-0.15, -0.1) is 0 Å². The molecule has 5 aromatic heterocycles. The molecule has 0 radical (unpaired) electrons. The van der Waals surface area contributed by atoms with Gasteiger partial charge in [-0.05, 0) is 84.5 Å². The first kappa shape index (κ1) is 85.8. The second-order valence-corrected chi connectivity index (χ2v) is 34.6. The quantitative estimate of drug-likeness (QED) is 0.0270. The number of phosphoric acid groups is 4. The van der Waals surface area contributed by atoms with Crippen LogP contribution in [0.3, 0.4) is 0 Å². The molecule has 4 aliphatic heterocycles. The monoisotopic (exact) mass is 1610 g/mol. The van der Waals surface area contributed by atoms with Gasteiger partial charge in [-0.2, -0.15) is 0 Å². The molecule has 4 saturated heterocycles. The molecule has 600 valence electrons. The van der Waals surface area contributed by atoms with Gasteiger partial charge in [0, 0.05) is 80.7 Å². The summed E-state index contributed by atoms with van der Waals surface area (Å²) in [4.78, 5) is 157. The maximum atomic E-state index is 14.4. The minimum Gasteiger partial charge on any atom is -0.756 e. The van der Waals surface area contributed by atoms with Crippen molar-refractivity contribution in [2.45, 2.75) is 224 Å². The number of phosphoric ester groups is 4. The molecule has 9 unspecified atom stereocenters. The number of nitrogens with zero attached hydrogens (tertiary/aromatic N) is 6. The van der Waals surface area contributed by atoms with Gasteiger partial charge in [0.25, 0.3) is 53.5 Å². The zero-order valence-electron chi connectivity index (χ0n) is 59.7. The second kappa shape index (κ2) is 38.3. The van der Waals surface area contributed by atoms with E-state index in [4.69, 9.17) is 69.3 Å². The minimum atomic E-state index is -5.23. The van der Waals surface area contributed by atoms with Crippen LogP contribution in [0.4, 0.5) is 0 Å². The number of rotatable bonds is 44. The molecule has 9 heterocycles. The lowest BCUT2D eigenvalue weighted by molar-refractivity contribution is -0.233. The highest BCUT2D eigenvalue weighted by Crippen LogP contribution is 2.51. The van der Waals surface area contributed by atoms with E-state index >= 15 is 0 Å². The van der Waals surface area contributed by atoms with E-state index < -0.39 is 171 Å². The van der Waals surface area contributed by atoms with E-state index in [1.807, 2.05) is 13.8 Å². The van der Waals surface area contributed by atoms with Crippen LogP contribution in [0, 0.1) is 26.7 Å². The summed E-state index contributed by atoms with van der Waals surface area (Å²) in [6, 6.07) is 0. The van der Waals surface area contributed by atoms with Crippen LogP contribution < -0.4 is 58.9 Å². The Morgan fingerprint density at radius 2 is 0.832 bits per heavy atom. The summed E-state index contributed by atoms with van der Waals surface area (Å²) in [5.41, 5.74) is -3.66. The highest BCUT2D eigenvalue weighted by molar-refractivity contribution is 7.53. The van der Waals surface area contributed by atoms with Crippen molar-refractivity contribution < 1.29 is 112 Å². The van der Waals surface area contributed by atoms with E-state index in [2.05, 4.69) is 29.9 Å². The van der Waals surface area contributed by atoms with E-state index in [-0.39, 0.29) is 158 Å². The summed E-state index contributed by atoms with van der Waals surface area (Å²) in [7, 11) is -24.3. The minimum absolute atomic E-state index is 0.000635. The molecule has 0 aromatic carbocycles. The number of hydrogen-bond donors (Lipinski definition) is 5. The number of fused-ring (bicyclic) bond motifs is 1. The summed E-state index contributed by atoms with van der Waals surface area (Å²) < 4.78 is 151. The summed E-state index contributed by atoms with van der Waals surface area (Å²) in [6.45, 7) is 6.64. The number of aliphatic hydroxyl groups is 1. The average Bonchev–Trinajstić information content (AvgIpc) is 1.68. The number of hydrogen-bond acceptors (Lipinski definition) is 33. The van der Waals surface area contributed by atoms with Crippen LogP contribution in [0.5, 0.6) is 0 Å². The highest BCUT2D eigenvalue weighted by Gasteiger charge is 2.44. The Labute approximate surface area is 611 Å². The topological polar surface area (TPSA) is 555 Å². The summed E-state index contributed by atoms with van der Waals surface area (Å²) in [5, 5.41) is 9.14. The molecule has 0 aliphatic carbocycles. The predicted octanol–water partition coefficient (Wildman–Crippen LogP) is 1.21. The van der Waals surface area contributed by atoms with Gasteiger partial charge >= 0.3 is 24.7 Å². The Morgan fingerprint density at radius 1 is 0.477 bits per heavy atom. The van der Waals surface area contributed by atoms with Gasteiger partial charge in [0.15, 0.2) is 11.2 Å². The Kier molecular flexibility index (Phi) is 30.7. The molecular weight excluding hydrogens is 1520 g/mol. The van der Waals surface area contributed by atoms with E-state index in [1.165, 1.54) is 72.4 Å². The lowest BCUT2D eigenvalue weighted by atomic mass is 10.1. The molecule has 5 aromatic rings. The van der Waals surface area contributed by atoms with Crippen LogP contribution in [0.2, 0.25) is 0 Å². The third-order valence-corrected chi connectivity index (χ3v) is 23.3. The second-order valence-electron chi connectivity index (χ2n) is 27.1. The smallest absolute Gasteiger partial charge is 0.328 e. The maximum Gasteiger partial charge on any atom is 0.328 e. The van der Waals surface area contributed by atoms with Crippen molar-refractivity contribution in [2.24, 2.45) is 5.92 Å². The molecule has 5 N–H and O–H groups in total. The Hall–Kier alpha value is -5.22. The van der Waals surface area contributed by atoms with E-state index in [1.54, 1.807) is 4.57 Å². The molecule has 4 fully saturated rings.